The lowest BCUT2D eigenvalue weighted by Gasteiger charge is -2.32. The molecule has 3 rings (SSSR count). The van der Waals surface area contributed by atoms with Crippen LogP contribution in [0.4, 0.5) is 0 Å². The molecule has 1 aromatic carbocycles. The van der Waals surface area contributed by atoms with E-state index in [0.29, 0.717) is 6.54 Å². The van der Waals surface area contributed by atoms with Gasteiger partial charge in [0.2, 0.25) is 0 Å². The number of para-hydroxylation sites is 2. The lowest BCUT2D eigenvalue weighted by Crippen LogP contribution is -2.37. The molecular formula is C19H27N3O3. The quantitative estimate of drug-likeness (QED) is 0.834. The van der Waals surface area contributed by atoms with Crippen molar-refractivity contribution in [1.82, 2.24) is 14.7 Å². The normalized spacial score (nSPS) is 16.1. The Morgan fingerprint density at radius 2 is 1.92 bits per heavy atom. The smallest absolute Gasteiger partial charge is 0.161 e. The van der Waals surface area contributed by atoms with E-state index >= 15 is 0 Å². The number of aliphatic hydroxyl groups is 1. The second-order valence-corrected chi connectivity index (χ2v) is 6.47. The van der Waals surface area contributed by atoms with Gasteiger partial charge in [0.15, 0.2) is 11.5 Å². The van der Waals surface area contributed by atoms with E-state index in [0.717, 1.165) is 49.7 Å². The van der Waals surface area contributed by atoms with Crippen LogP contribution in [0.5, 0.6) is 11.5 Å². The standard InChI is InChI=1S/C19H27N3O3/c1-15-16(14-22(20-15)11-12-23)13-21-9-7-17(8-10-21)25-19-6-4-3-5-18(19)24-2/h3-6,14,17,23H,7-13H2,1-2H3. The molecule has 0 aliphatic carbocycles. The average molecular weight is 345 g/mol. The maximum absolute atomic E-state index is 9.03. The third-order valence-electron chi connectivity index (χ3n) is 4.67. The number of hydrogen-bond acceptors (Lipinski definition) is 5. The number of aliphatic hydroxyl groups excluding tert-OH is 1. The van der Waals surface area contributed by atoms with E-state index in [9.17, 15) is 0 Å². The highest BCUT2D eigenvalue weighted by Crippen LogP contribution is 2.29. The minimum atomic E-state index is 0.117. The van der Waals surface area contributed by atoms with Gasteiger partial charge in [0, 0.05) is 31.4 Å². The molecule has 0 saturated carbocycles. The molecule has 1 aliphatic heterocycles. The van der Waals surface area contributed by atoms with Gasteiger partial charge in [0.25, 0.3) is 0 Å². The highest BCUT2D eigenvalue weighted by Gasteiger charge is 2.22. The van der Waals surface area contributed by atoms with Crippen molar-refractivity contribution in [1.29, 1.82) is 0 Å². The first-order chi connectivity index (χ1) is 12.2. The minimum absolute atomic E-state index is 0.117. The summed E-state index contributed by atoms with van der Waals surface area (Å²) in [6, 6.07) is 7.81. The summed E-state index contributed by atoms with van der Waals surface area (Å²) in [5.74, 6) is 1.61. The zero-order chi connectivity index (χ0) is 17.6. The van der Waals surface area contributed by atoms with Gasteiger partial charge >= 0.3 is 0 Å². The number of ether oxygens (including phenoxy) is 2. The van der Waals surface area contributed by atoms with Crippen LogP contribution in [0.2, 0.25) is 0 Å². The second kappa shape index (κ2) is 8.36. The second-order valence-electron chi connectivity index (χ2n) is 6.47. The van der Waals surface area contributed by atoms with Crippen molar-refractivity contribution in [2.45, 2.75) is 39.0 Å². The summed E-state index contributed by atoms with van der Waals surface area (Å²) in [7, 11) is 1.67. The van der Waals surface area contributed by atoms with Gasteiger partial charge in [-0.15, -0.1) is 0 Å². The van der Waals surface area contributed by atoms with Crippen molar-refractivity contribution >= 4 is 0 Å². The van der Waals surface area contributed by atoms with Crippen LogP contribution in [0.15, 0.2) is 30.5 Å². The first kappa shape index (κ1) is 17.8. The fourth-order valence-corrected chi connectivity index (χ4v) is 3.25. The Bertz CT molecular complexity index is 678. The molecule has 0 spiro atoms. The predicted octanol–water partition coefficient (Wildman–Crippen LogP) is 2.24. The molecule has 1 saturated heterocycles. The van der Waals surface area contributed by atoms with Crippen LogP contribution in [0.1, 0.15) is 24.1 Å². The molecule has 0 amide bonds. The third-order valence-corrected chi connectivity index (χ3v) is 4.67. The molecule has 1 N–H and O–H groups in total. The number of piperidine rings is 1. The van der Waals surface area contributed by atoms with Crippen molar-refractivity contribution in [3.8, 4) is 11.5 Å². The maximum atomic E-state index is 9.03. The monoisotopic (exact) mass is 345 g/mol. The van der Waals surface area contributed by atoms with Crippen LogP contribution < -0.4 is 9.47 Å². The number of methoxy groups -OCH3 is 1. The van der Waals surface area contributed by atoms with Gasteiger partial charge in [0.1, 0.15) is 6.10 Å². The molecule has 0 bridgehead atoms. The summed E-state index contributed by atoms with van der Waals surface area (Å²) in [5, 5.41) is 13.5. The highest BCUT2D eigenvalue weighted by atomic mass is 16.5. The highest BCUT2D eigenvalue weighted by molar-refractivity contribution is 5.39. The topological polar surface area (TPSA) is 59.8 Å². The lowest BCUT2D eigenvalue weighted by atomic mass is 10.1. The summed E-state index contributed by atoms with van der Waals surface area (Å²) in [5.41, 5.74) is 2.28. The Kier molecular flexibility index (Phi) is 5.94. The van der Waals surface area contributed by atoms with Crippen LogP contribution >= 0.6 is 0 Å². The lowest BCUT2D eigenvalue weighted by molar-refractivity contribution is 0.0942. The molecule has 25 heavy (non-hydrogen) atoms. The van der Waals surface area contributed by atoms with Crippen LogP contribution in [0.3, 0.4) is 0 Å². The van der Waals surface area contributed by atoms with Gasteiger partial charge in [-0.3, -0.25) is 9.58 Å². The molecule has 6 nitrogen and oxygen atoms in total. The van der Waals surface area contributed by atoms with E-state index in [4.69, 9.17) is 14.6 Å². The van der Waals surface area contributed by atoms with Crippen LogP contribution in [0.25, 0.3) is 0 Å². The van der Waals surface area contributed by atoms with Crippen molar-refractivity contribution in [3.05, 3.63) is 41.7 Å². The van der Waals surface area contributed by atoms with E-state index in [1.807, 2.05) is 42.1 Å². The molecule has 0 atom stereocenters. The summed E-state index contributed by atoms with van der Waals surface area (Å²) in [4.78, 5) is 2.44. The Morgan fingerprint density at radius 1 is 1.20 bits per heavy atom. The van der Waals surface area contributed by atoms with Crippen LogP contribution in [-0.4, -0.2) is 52.7 Å². The minimum Gasteiger partial charge on any atom is -0.493 e. The average Bonchev–Trinajstić information content (AvgIpc) is 2.97. The molecule has 1 fully saturated rings. The summed E-state index contributed by atoms with van der Waals surface area (Å²) in [6.07, 6.45) is 4.28. The number of aromatic nitrogens is 2. The van der Waals surface area contributed by atoms with Gasteiger partial charge in [0.05, 0.1) is 26.0 Å². The van der Waals surface area contributed by atoms with E-state index in [2.05, 4.69) is 10.00 Å². The Hall–Kier alpha value is -2.05. The van der Waals surface area contributed by atoms with Gasteiger partial charge in [-0.2, -0.15) is 5.10 Å². The molecule has 0 unspecified atom stereocenters. The zero-order valence-corrected chi connectivity index (χ0v) is 15.0. The summed E-state index contributed by atoms with van der Waals surface area (Å²) < 4.78 is 13.3. The number of likely N-dealkylation sites (tertiary alicyclic amines) is 1. The largest absolute Gasteiger partial charge is 0.493 e. The van der Waals surface area contributed by atoms with Gasteiger partial charge in [-0.25, -0.2) is 0 Å². The van der Waals surface area contributed by atoms with Gasteiger partial charge in [-0.05, 0) is 31.9 Å². The molecule has 2 heterocycles. The maximum Gasteiger partial charge on any atom is 0.161 e. The van der Waals surface area contributed by atoms with Crippen molar-refractivity contribution in [3.63, 3.8) is 0 Å². The number of benzene rings is 1. The van der Waals surface area contributed by atoms with Crippen LogP contribution in [0, 0.1) is 6.92 Å². The van der Waals surface area contributed by atoms with Crippen molar-refractivity contribution < 1.29 is 14.6 Å². The first-order valence-electron chi connectivity index (χ1n) is 8.85. The molecule has 6 heteroatoms. The zero-order valence-electron chi connectivity index (χ0n) is 15.0. The molecule has 2 aromatic rings. The van der Waals surface area contributed by atoms with E-state index in [1.165, 1.54) is 5.56 Å². The van der Waals surface area contributed by atoms with E-state index in [1.54, 1.807) is 7.11 Å². The van der Waals surface area contributed by atoms with Gasteiger partial charge < -0.3 is 14.6 Å². The number of aryl methyl sites for hydroxylation is 1. The Labute approximate surface area is 149 Å². The fourth-order valence-electron chi connectivity index (χ4n) is 3.25. The van der Waals surface area contributed by atoms with E-state index < -0.39 is 0 Å². The summed E-state index contributed by atoms with van der Waals surface area (Å²) >= 11 is 0. The van der Waals surface area contributed by atoms with Gasteiger partial charge in [-0.1, -0.05) is 12.1 Å². The Balaban J connectivity index is 1.52. The molecule has 136 valence electrons. The van der Waals surface area contributed by atoms with E-state index in [-0.39, 0.29) is 12.7 Å². The van der Waals surface area contributed by atoms with Crippen molar-refractivity contribution in [2.24, 2.45) is 0 Å². The number of nitrogens with zero attached hydrogens (tertiary/aromatic N) is 3. The molecule has 1 aromatic heterocycles. The number of rotatable bonds is 7. The molecule has 0 radical (unpaired) electrons. The Morgan fingerprint density at radius 3 is 2.60 bits per heavy atom. The number of hydrogen-bond donors (Lipinski definition) is 1. The molecular weight excluding hydrogens is 318 g/mol. The van der Waals surface area contributed by atoms with Crippen LogP contribution in [-0.2, 0) is 13.1 Å². The third kappa shape index (κ3) is 4.52. The van der Waals surface area contributed by atoms with Crippen molar-refractivity contribution in [2.75, 3.05) is 26.8 Å². The predicted molar refractivity (Wildman–Crippen MR) is 96.0 cm³/mol. The molecule has 1 aliphatic rings. The fraction of sp³-hybridized carbons (Fsp3) is 0.526. The SMILES string of the molecule is COc1ccccc1OC1CCN(Cc2cn(CCO)nc2C)CC1. The summed E-state index contributed by atoms with van der Waals surface area (Å²) in [6.45, 7) is 5.61. The first-order valence-corrected chi connectivity index (χ1v) is 8.85.